The van der Waals surface area contributed by atoms with E-state index in [1.165, 1.54) is 0 Å². The Labute approximate surface area is 132 Å². The summed E-state index contributed by atoms with van der Waals surface area (Å²) in [6, 6.07) is 8.36. The smallest absolute Gasteiger partial charge is 0.223 e. The van der Waals surface area contributed by atoms with Crippen molar-refractivity contribution in [3.63, 3.8) is 0 Å². The second kappa shape index (κ2) is 6.51. The molecule has 0 aliphatic rings. The minimum atomic E-state index is -0.0790. The van der Waals surface area contributed by atoms with E-state index in [1.54, 1.807) is 0 Å². The summed E-state index contributed by atoms with van der Waals surface area (Å²) in [6.45, 7) is 12.4. The molecule has 1 aromatic carbocycles. The van der Waals surface area contributed by atoms with Crippen molar-refractivity contribution in [1.82, 2.24) is 14.9 Å². The number of carbonyl (C=O) groups is 1. The maximum absolute atomic E-state index is 12.2. The number of nitrogens with zero attached hydrogens (tertiary/aromatic N) is 2. The first-order valence-corrected chi connectivity index (χ1v) is 8.10. The number of rotatable bonds is 5. The van der Waals surface area contributed by atoms with Crippen molar-refractivity contribution in [2.45, 2.75) is 53.6 Å². The van der Waals surface area contributed by atoms with Crippen LogP contribution in [0.4, 0.5) is 0 Å². The Kier molecular flexibility index (Phi) is 4.89. The normalized spacial score (nSPS) is 13.3. The molecule has 0 aliphatic heterocycles. The van der Waals surface area contributed by atoms with Gasteiger partial charge in [-0.05, 0) is 31.9 Å². The maximum atomic E-state index is 12.2. The van der Waals surface area contributed by atoms with E-state index in [2.05, 4.69) is 43.6 Å². The molecule has 4 heteroatoms. The number of para-hydroxylation sites is 2. The monoisotopic (exact) mass is 301 g/mol. The lowest BCUT2D eigenvalue weighted by molar-refractivity contribution is -0.125. The van der Waals surface area contributed by atoms with Gasteiger partial charge in [0.1, 0.15) is 5.82 Å². The number of carbonyl (C=O) groups excluding carboxylic acids is 1. The molecule has 0 bridgehead atoms. The Bertz CT molecular complexity index is 655. The van der Waals surface area contributed by atoms with Gasteiger partial charge < -0.3 is 9.88 Å². The first kappa shape index (κ1) is 16.5. The molecule has 2 aromatic rings. The summed E-state index contributed by atoms with van der Waals surface area (Å²) in [5.41, 5.74) is 2.10. The molecule has 0 saturated carbocycles. The fraction of sp³-hybridized carbons (Fsp3) is 0.556. The Balaban J connectivity index is 2.53. The van der Waals surface area contributed by atoms with E-state index in [9.17, 15) is 4.79 Å². The average Bonchev–Trinajstić information content (AvgIpc) is 2.82. The quantitative estimate of drug-likeness (QED) is 0.904. The molecule has 120 valence electrons. The van der Waals surface area contributed by atoms with Gasteiger partial charge >= 0.3 is 0 Å². The Morgan fingerprint density at radius 3 is 2.27 bits per heavy atom. The van der Waals surface area contributed by atoms with E-state index < -0.39 is 0 Å². The van der Waals surface area contributed by atoms with Gasteiger partial charge in [-0.25, -0.2) is 4.98 Å². The van der Waals surface area contributed by atoms with Crippen molar-refractivity contribution in [1.29, 1.82) is 0 Å². The van der Waals surface area contributed by atoms with Crippen LogP contribution in [0.1, 0.15) is 59.5 Å². The molecule has 0 radical (unpaired) electrons. The summed E-state index contributed by atoms with van der Waals surface area (Å²) in [5.74, 6) is 1.26. The highest BCUT2D eigenvalue weighted by Gasteiger charge is 2.26. The molecular formula is C18H27N3O. The van der Waals surface area contributed by atoms with E-state index >= 15 is 0 Å². The van der Waals surface area contributed by atoms with Gasteiger partial charge in [0, 0.05) is 12.0 Å². The number of hydrogen-bond donors (Lipinski definition) is 1. The van der Waals surface area contributed by atoms with Crippen molar-refractivity contribution in [2.75, 3.05) is 0 Å². The second-order valence-corrected chi connectivity index (χ2v) is 6.81. The van der Waals surface area contributed by atoms with Crippen molar-refractivity contribution in [2.24, 2.45) is 11.8 Å². The summed E-state index contributed by atoms with van der Waals surface area (Å²) in [5, 5.41) is 3.17. The van der Waals surface area contributed by atoms with Crippen LogP contribution in [0.15, 0.2) is 24.3 Å². The fourth-order valence-corrected chi connectivity index (χ4v) is 2.67. The molecule has 4 nitrogen and oxygen atoms in total. The third-order valence-electron chi connectivity index (χ3n) is 3.91. The van der Waals surface area contributed by atoms with Crippen molar-refractivity contribution < 1.29 is 4.79 Å². The van der Waals surface area contributed by atoms with E-state index in [0.717, 1.165) is 16.9 Å². The number of amides is 1. The molecule has 2 rings (SSSR count). The number of fused-ring (bicyclic) bond motifs is 1. The van der Waals surface area contributed by atoms with Crippen LogP contribution in [0.3, 0.4) is 0 Å². The van der Waals surface area contributed by atoms with Gasteiger partial charge in [-0.1, -0.05) is 39.8 Å². The molecule has 0 spiro atoms. The first-order valence-electron chi connectivity index (χ1n) is 8.10. The average molecular weight is 301 g/mol. The Morgan fingerprint density at radius 1 is 1.09 bits per heavy atom. The molecule has 22 heavy (non-hydrogen) atoms. The largest absolute Gasteiger partial charge is 0.346 e. The van der Waals surface area contributed by atoms with Crippen LogP contribution in [0.5, 0.6) is 0 Å². The van der Waals surface area contributed by atoms with Crippen LogP contribution >= 0.6 is 0 Å². The number of nitrogens with one attached hydrogen (secondary N) is 1. The Hall–Kier alpha value is -1.84. The second-order valence-electron chi connectivity index (χ2n) is 6.81. The lowest BCUT2D eigenvalue weighted by atomic mass is 10.0. The molecule has 0 saturated heterocycles. The van der Waals surface area contributed by atoms with Gasteiger partial charge in [0.2, 0.25) is 5.91 Å². The third kappa shape index (κ3) is 3.16. The number of benzene rings is 1. The van der Waals surface area contributed by atoms with Crippen molar-refractivity contribution >= 4 is 16.9 Å². The Morgan fingerprint density at radius 2 is 1.73 bits per heavy atom. The van der Waals surface area contributed by atoms with Crippen LogP contribution < -0.4 is 5.32 Å². The van der Waals surface area contributed by atoms with Gasteiger partial charge in [0.25, 0.3) is 0 Å². The molecule has 1 N–H and O–H groups in total. The zero-order valence-corrected chi connectivity index (χ0v) is 14.4. The number of aromatic nitrogens is 2. The standard InChI is InChI=1S/C18H27N3O/c1-11(2)16(20-18(22)12(3)4)17-19-14-9-7-8-10-15(14)21(17)13(5)6/h7-13,16H,1-6H3,(H,20,22)/t16-/m1/s1. The predicted octanol–water partition coefficient (Wildman–Crippen LogP) is 4.09. The van der Waals surface area contributed by atoms with Crippen LogP contribution in [-0.2, 0) is 4.79 Å². The molecule has 1 amide bonds. The van der Waals surface area contributed by atoms with Gasteiger partial charge in [0.05, 0.1) is 17.1 Å². The number of imidazole rings is 1. The highest BCUT2D eigenvalue weighted by atomic mass is 16.1. The van der Waals surface area contributed by atoms with Gasteiger partial charge in [-0.3, -0.25) is 4.79 Å². The highest BCUT2D eigenvalue weighted by Crippen LogP contribution is 2.28. The van der Waals surface area contributed by atoms with Crippen LogP contribution in [0, 0.1) is 11.8 Å². The lowest BCUT2D eigenvalue weighted by Gasteiger charge is -2.25. The van der Waals surface area contributed by atoms with Gasteiger partial charge in [-0.2, -0.15) is 0 Å². The van der Waals surface area contributed by atoms with Gasteiger partial charge in [-0.15, -0.1) is 0 Å². The number of hydrogen-bond acceptors (Lipinski definition) is 2. The zero-order chi connectivity index (χ0) is 16.4. The summed E-state index contributed by atoms with van der Waals surface area (Å²) in [7, 11) is 0. The van der Waals surface area contributed by atoms with E-state index in [0.29, 0.717) is 6.04 Å². The molecule has 0 unspecified atom stereocenters. The minimum Gasteiger partial charge on any atom is -0.346 e. The summed E-state index contributed by atoms with van der Waals surface area (Å²) >= 11 is 0. The SMILES string of the molecule is CC(C)C(=O)N[C@@H](c1nc2ccccc2n1C(C)C)C(C)C. The summed E-state index contributed by atoms with van der Waals surface area (Å²) < 4.78 is 2.24. The zero-order valence-electron chi connectivity index (χ0n) is 14.4. The lowest BCUT2D eigenvalue weighted by Crippen LogP contribution is -2.36. The van der Waals surface area contributed by atoms with E-state index in [-0.39, 0.29) is 23.8 Å². The third-order valence-corrected chi connectivity index (χ3v) is 3.91. The fourth-order valence-electron chi connectivity index (χ4n) is 2.67. The maximum Gasteiger partial charge on any atom is 0.223 e. The minimum absolute atomic E-state index is 0.0295. The molecule has 0 aliphatic carbocycles. The molecule has 0 fully saturated rings. The van der Waals surface area contributed by atoms with Crippen LogP contribution in [0.25, 0.3) is 11.0 Å². The topological polar surface area (TPSA) is 46.9 Å². The molecule has 1 atom stereocenters. The van der Waals surface area contributed by atoms with Crippen LogP contribution in [-0.4, -0.2) is 15.5 Å². The first-order chi connectivity index (χ1) is 10.3. The van der Waals surface area contributed by atoms with E-state index in [4.69, 9.17) is 4.98 Å². The molecule has 1 aromatic heterocycles. The molecule has 1 heterocycles. The molecular weight excluding hydrogens is 274 g/mol. The van der Waals surface area contributed by atoms with E-state index in [1.807, 2.05) is 32.0 Å². The predicted molar refractivity (Wildman–Crippen MR) is 90.7 cm³/mol. The van der Waals surface area contributed by atoms with Crippen LogP contribution in [0.2, 0.25) is 0 Å². The summed E-state index contributed by atoms with van der Waals surface area (Å²) in [4.78, 5) is 17.0. The summed E-state index contributed by atoms with van der Waals surface area (Å²) in [6.07, 6.45) is 0. The van der Waals surface area contributed by atoms with Crippen molar-refractivity contribution in [3.8, 4) is 0 Å². The van der Waals surface area contributed by atoms with Crippen molar-refractivity contribution in [3.05, 3.63) is 30.1 Å². The van der Waals surface area contributed by atoms with Gasteiger partial charge in [0.15, 0.2) is 0 Å². The highest BCUT2D eigenvalue weighted by molar-refractivity contribution is 5.79.